The lowest BCUT2D eigenvalue weighted by Gasteiger charge is -2.12. The van der Waals surface area contributed by atoms with Gasteiger partial charge in [0.15, 0.2) is 5.96 Å². The molecule has 0 radical (unpaired) electrons. The van der Waals surface area contributed by atoms with E-state index in [0.29, 0.717) is 23.8 Å². The number of benzene rings is 1. The largest absolute Gasteiger partial charge is 0.497 e. The molecule has 0 heterocycles. The molecule has 22 heavy (non-hydrogen) atoms. The minimum atomic E-state index is -2.91. The first-order valence-electron chi connectivity index (χ1n) is 6.58. The van der Waals surface area contributed by atoms with Crippen molar-refractivity contribution in [2.24, 2.45) is 16.6 Å². The lowest BCUT2D eigenvalue weighted by atomic mass is 10.2. The van der Waals surface area contributed by atoms with Crippen molar-refractivity contribution in [2.45, 2.75) is 27.0 Å². The molecule has 0 saturated heterocycles. The molecule has 0 spiro atoms. The number of nitrogens with one attached hydrogen (secondary N) is 1. The maximum absolute atomic E-state index is 12.4. The molecule has 1 aromatic rings. The van der Waals surface area contributed by atoms with Gasteiger partial charge in [-0.05, 0) is 18.1 Å². The summed E-state index contributed by atoms with van der Waals surface area (Å²) in [6.07, 6.45) is 0. The normalized spacial score (nSPS) is 11.3. The molecule has 126 valence electrons. The summed E-state index contributed by atoms with van der Waals surface area (Å²) in [6.45, 7) is 2.01. The van der Waals surface area contributed by atoms with E-state index in [-0.39, 0.29) is 42.2 Å². The molecule has 0 amide bonds. The van der Waals surface area contributed by atoms with Crippen molar-refractivity contribution >= 4 is 29.9 Å². The maximum atomic E-state index is 12.4. The first kappa shape index (κ1) is 20.7. The van der Waals surface area contributed by atoms with Crippen molar-refractivity contribution in [3.63, 3.8) is 0 Å². The highest BCUT2D eigenvalue weighted by atomic mass is 127. The first-order valence-corrected chi connectivity index (χ1v) is 6.58. The topological polar surface area (TPSA) is 68.9 Å². The van der Waals surface area contributed by atoms with E-state index < -0.39 is 6.61 Å². The van der Waals surface area contributed by atoms with Gasteiger partial charge < -0.3 is 20.5 Å². The summed E-state index contributed by atoms with van der Waals surface area (Å²) in [4.78, 5) is 4.11. The van der Waals surface area contributed by atoms with Crippen molar-refractivity contribution in [2.75, 3.05) is 13.7 Å². The zero-order valence-electron chi connectivity index (χ0n) is 12.8. The number of guanidine groups is 1. The fourth-order valence-corrected chi connectivity index (χ4v) is 1.53. The molecule has 5 nitrogen and oxygen atoms in total. The Balaban J connectivity index is 0.00000441. The van der Waals surface area contributed by atoms with Crippen LogP contribution >= 0.6 is 24.0 Å². The molecule has 0 bridgehead atoms. The molecule has 0 aliphatic carbocycles. The number of nitrogens with zero attached hydrogens (tertiary/aromatic N) is 1. The van der Waals surface area contributed by atoms with Gasteiger partial charge in [0, 0.05) is 18.2 Å². The summed E-state index contributed by atoms with van der Waals surface area (Å²) < 4.78 is 34.3. The van der Waals surface area contributed by atoms with E-state index in [1.54, 1.807) is 12.1 Å². The van der Waals surface area contributed by atoms with Crippen LogP contribution in [0.25, 0.3) is 0 Å². The molecule has 0 aliphatic heterocycles. The van der Waals surface area contributed by atoms with Crippen LogP contribution in [0, 0.1) is 5.92 Å². The molecule has 0 unspecified atom stereocenters. The van der Waals surface area contributed by atoms with Crippen LogP contribution in [-0.2, 0) is 6.54 Å². The third-order valence-corrected chi connectivity index (χ3v) is 2.60. The number of nitrogens with two attached hydrogens (primary N) is 1. The molecule has 1 aromatic carbocycles. The highest BCUT2D eigenvalue weighted by Gasteiger charge is 2.11. The van der Waals surface area contributed by atoms with Crippen LogP contribution in [0.2, 0.25) is 0 Å². The van der Waals surface area contributed by atoms with Crippen LogP contribution in [0.3, 0.4) is 0 Å². The first-order chi connectivity index (χ1) is 9.92. The molecular weight excluding hydrogens is 407 g/mol. The predicted molar refractivity (Wildman–Crippen MR) is 93.2 cm³/mol. The Morgan fingerprint density at radius 1 is 1.36 bits per heavy atom. The Morgan fingerprint density at radius 3 is 2.59 bits per heavy atom. The summed E-state index contributed by atoms with van der Waals surface area (Å²) in [5.41, 5.74) is 6.21. The van der Waals surface area contributed by atoms with Gasteiger partial charge in [0.1, 0.15) is 11.5 Å². The van der Waals surface area contributed by atoms with E-state index in [1.807, 2.05) is 13.8 Å². The van der Waals surface area contributed by atoms with Crippen molar-refractivity contribution in [3.05, 3.63) is 23.8 Å². The Morgan fingerprint density at radius 2 is 2.05 bits per heavy atom. The van der Waals surface area contributed by atoms with Gasteiger partial charge in [0.2, 0.25) is 0 Å². The summed E-state index contributed by atoms with van der Waals surface area (Å²) in [7, 11) is 1.45. The highest BCUT2D eigenvalue weighted by Crippen LogP contribution is 2.26. The predicted octanol–water partition coefficient (Wildman–Crippen LogP) is 2.97. The van der Waals surface area contributed by atoms with Crippen LogP contribution < -0.4 is 20.5 Å². The van der Waals surface area contributed by atoms with Gasteiger partial charge in [-0.3, -0.25) is 0 Å². The van der Waals surface area contributed by atoms with E-state index in [9.17, 15) is 8.78 Å². The second kappa shape index (κ2) is 10.4. The number of methoxy groups -OCH3 is 1. The third-order valence-electron chi connectivity index (χ3n) is 2.60. The fourth-order valence-electron chi connectivity index (χ4n) is 1.53. The fraction of sp³-hybridized carbons (Fsp3) is 0.500. The van der Waals surface area contributed by atoms with E-state index in [2.05, 4.69) is 15.0 Å². The number of alkyl halides is 2. The number of hydrogen-bond acceptors (Lipinski definition) is 3. The van der Waals surface area contributed by atoms with Gasteiger partial charge in [-0.2, -0.15) is 8.78 Å². The number of halogens is 3. The Labute approximate surface area is 146 Å². The summed E-state index contributed by atoms with van der Waals surface area (Å²) >= 11 is 0. The second-order valence-electron chi connectivity index (χ2n) is 4.83. The van der Waals surface area contributed by atoms with Crippen LogP contribution in [0.15, 0.2) is 23.2 Å². The average Bonchev–Trinajstić information content (AvgIpc) is 2.42. The average molecular weight is 429 g/mol. The molecule has 0 atom stereocenters. The maximum Gasteiger partial charge on any atom is 0.387 e. The molecule has 8 heteroatoms. The quantitative estimate of drug-likeness (QED) is 0.398. The molecule has 0 fully saturated rings. The van der Waals surface area contributed by atoms with E-state index in [4.69, 9.17) is 10.5 Å². The second-order valence-corrected chi connectivity index (χ2v) is 4.83. The van der Waals surface area contributed by atoms with E-state index in [1.165, 1.54) is 13.2 Å². The summed E-state index contributed by atoms with van der Waals surface area (Å²) in [6, 6.07) is 4.67. The minimum Gasteiger partial charge on any atom is -0.497 e. The van der Waals surface area contributed by atoms with Crippen LogP contribution in [0.4, 0.5) is 8.78 Å². The zero-order chi connectivity index (χ0) is 15.8. The van der Waals surface area contributed by atoms with Crippen molar-refractivity contribution in [1.29, 1.82) is 0 Å². The van der Waals surface area contributed by atoms with Crippen LogP contribution in [0.5, 0.6) is 11.5 Å². The van der Waals surface area contributed by atoms with Crippen LogP contribution in [0.1, 0.15) is 19.4 Å². The molecule has 0 aromatic heterocycles. The highest BCUT2D eigenvalue weighted by molar-refractivity contribution is 14.0. The third kappa shape index (κ3) is 7.62. The van der Waals surface area contributed by atoms with Crippen molar-refractivity contribution < 1.29 is 18.3 Å². The van der Waals surface area contributed by atoms with E-state index >= 15 is 0 Å². The summed E-state index contributed by atoms with van der Waals surface area (Å²) in [5, 5.41) is 2.95. The number of aliphatic imine (C=N–C) groups is 1. The Kier molecular flexibility index (Phi) is 9.79. The number of ether oxygens (including phenoxy) is 2. The SMILES string of the molecule is COc1ccc(CN=C(N)NCC(C)C)c(OC(F)F)c1.I. The molecular formula is C14H22F2IN3O2. The van der Waals surface area contributed by atoms with Gasteiger partial charge in [0.25, 0.3) is 0 Å². The van der Waals surface area contributed by atoms with Crippen LogP contribution in [-0.4, -0.2) is 26.2 Å². The number of hydrogen-bond donors (Lipinski definition) is 2. The minimum absolute atomic E-state index is 0. The van der Waals surface area contributed by atoms with Gasteiger partial charge in [-0.15, -0.1) is 24.0 Å². The smallest absolute Gasteiger partial charge is 0.387 e. The summed E-state index contributed by atoms with van der Waals surface area (Å²) in [5.74, 6) is 1.16. The zero-order valence-corrected chi connectivity index (χ0v) is 15.1. The van der Waals surface area contributed by atoms with Gasteiger partial charge in [-0.1, -0.05) is 13.8 Å². The Hall–Kier alpha value is -1.32. The number of rotatable bonds is 7. The van der Waals surface area contributed by atoms with Crippen molar-refractivity contribution in [1.82, 2.24) is 5.32 Å². The lowest BCUT2D eigenvalue weighted by Crippen LogP contribution is -2.34. The lowest BCUT2D eigenvalue weighted by molar-refractivity contribution is -0.0505. The monoisotopic (exact) mass is 429 g/mol. The molecule has 0 aliphatic rings. The molecule has 1 rings (SSSR count). The van der Waals surface area contributed by atoms with Crippen molar-refractivity contribution in [3.8, 4) is 11.5 Å². The van der Waals surface area contributed by atoms with Gasteiger partial charge in [-0.25, -0.2) is 4.99 Å². The standard InChI is InChI=1S/C14H21F2N3O2.HI/c1-9(2)7-18-14(17)19-8-10-4-5-11(20-3)6-12(10)21-13(15)16;/h4-6,9,13H,7-8H2,1-3H3,(H3,17,18,19);1H. The Bertz CT molecular complexity index is 485. The van der Waals surface area contributed by atoms with Gasteiger partial charge >= 0.3 is 6.61 Å². The molecule has 0 saturated carbocycles. The van der Waals surface area contributed by atoms with E-state index in [0.717, 1.165) is 0 Å². The van der Waals surface area contributed by atoms with Gasteiger partial charge in [0.05, 0.1) is 13.7 Å². The molecule has 3 N–H and O–H groups in total.